The number of methoxy groups -OCH3 is 1. The molecule has 162 valence electrons. The number of benzene rings is 2. The number of halogens is 1. The number of hydrogen-bond donors (Lipinski definition) is 1. The molecule has 0 radical (unpaired) electrons. The molecule has 0 spiro atoms. The van der Waals surface area contributed by atoms with Crippen LogP contribution in [0.5, 0.6) is 5.75 Å². The van der Waals surface area contributed by atoms with Gasteiger partial charge in [-0.3, -0.25) is 19.5 Å². The number of rotatable bonds is 4. The summed E-state index contributed by atoms with van der Waals surface area (Å²) in [5.74, 6) is -1.50. The fourth-order valence-corrected chi connectivity index (χ4v) is 4.06. The van der Waals surface area contributed by atoms with Crippen molar-refractivity contribution in [2.24, 2.45) is 0 Å². The molecule has 32 heavy (non-hydrogen) atoms. The Morgan fingerprint density at radius 3 is 2.56 bits per heavy atom. The number of ketones is 1. The summed E-state index contributed by atoms with van der Waals surface area (Å²) in [6.07, 6.45) is 1.58. The molecular formula is C25H21ClN2O4. The van der Waals surface area contributed by atoms with E-state index < -0.39 is 17.7 Å². The van der Waals surface area contributed by atoms with Crippen LogP contribution >= 0.6 is 11.6 Å². The summed E-state index contributed by atoms with van der Waals surface area (Å²) in [4.78, 5) is 32.2. The highest BCUT2D eigenvalue weighted by atomic mass is 35.5. The summed E-state index contributed by atoms with van der Waals surface area (Å²) in [6.45, 7) is 3.68. The van der Waals surface area contributed by atoms with Gasteiger partial charge in [0.25, 0.3) is 11.7 Å². The number of anilines is 1. The normalized spacial score (nSPS) is 17.6. The summed E-state index contributed by atoms with van der Waals surface area (Å²) < 4.78 is 5.39. The minimum absolute atomic E-state index is 0.0584. The minimum Gasteiger partial charge on any atom is -0.507 e. The number of Topliss-reactive ketones (excluding diaryl/α,β-unsaturated/α-hetero) is 1. The molecule has 1 saturated heterocycles. The molecule has 1 fully saturated rings. The third kappa shape index (κ3) is 3.63. The average Bonchev–Trinajstić information content (AvgIpc) is 3.06. The predicted molar refractivity (Wildman–Crippen MR) is 123 cm³/mol. The molecular weight excluding hydrogens is 428 g/mol. The van der Waals surface area contributed by atoms with Gasteiger partial charge in [0, 0.05) is 16.9 Å². The van der Waals surface area contributed by atoms with Crippen molar-refractivity contribution in [3.8, 4) is 5.75 Å². The lowest BCUT2D eigenvalue weighted by Gasteiger charge is -2.26. The average molecular weight is 449 g/mol. The SMILES string of the molecule is COc1ccc(C)cc1/C(O)=C1\C(=O)C(=O)N(c2cc(Cl)ccc2C)C1c1ccccn1. The van der Waals surface area contributed by atoms with Gasteiger partial charge in [0.15, 0.2) is 0 Å². The molecule has 1 aromatic heterocycles. The zero-order valence-electron chi connectivity index (χ0n) is 17.8. The lowest BCUT2D eigenvalue weighted by molar-refractivity contribution is -0.132. The number of aliphatic hydroxyl groups is 1. The molecule has 1 amide bonds. The van der Waals surface area contributed by atoms with Gasteiger partial charge in [0.1, 0.15) is 17.6 Å². The first kappa shape index (κ1) is 21.6. The van der Waals surface area contributed by atoms with E-state index in [9.17, 15) is 14.7 Å². The second-order valence-electron chi connectivity index (χ2n) is 7.56. The van der Waals surface area contributed by atoms with E-state index in [-0.39, 0.29) is 11.3 Å². The number of aryl methyl sites for hydroxylation is 2. The molecule has 1 aliphatic rings. The molecule has 0 saturated carbocycles. The Kier molecular flexibility index (Phi) is 5.72. The Morgan fingerprint density at radius 2 is 1.88 bits per heavy atom. The third-order valence-corrected chi connectivity index (χ3v) is 5.69. The zero-order chi connectivity index (χ0) is 23.0. The van der Waals surface area contributed by atoms with Gasteiger partial charge in [-0.1, -0.05) is 35.4 Å². The topological polar surface area (TPSA) is 79.7 Å². The van der Waals surface area contributed by atoms with Crippen molar-refractivity contribution in [1.82, 2.24) is 4.98 Å². The number of ether oxygens (including phenoxy) is 1. The summed E-state index contributed by atoms with van der Waals surface area (Å²) in [5.41, 5.74) is 2.81. The van der Waals surface area contributed by atoms with E-state index in [2.05, 4.69) is 4.98 Å². The van der Waals surface area contributed by atoms with E-state index in [4.69, 9.17) is 16.3 Å². The van der Waals surface area contributed by atoms with Crippen molar-refractivity contribution >= 4 is 34.7 Å². The van der Waals surface area contributed by atoms with E-state index in [0.717, 1.165) is 11.1 Å². The van der Waals surface area contributed by atoms with E-state index in [1.165, 1.54) is 12.0 Å². The molecule has 0 aliphatic carbocycles. The van der Waals surface area contributed by atoms with Crippen molar-refractivity contribution in [2.45, 2.75) is 19.9 Å². The largest absolute Gasteiger partial charge is 0.507 e. The van der Waals surface area contributed by atoms with Crippen LogP contribution in [-0.4, -0.2) is 28.9 Å². The first-order valence-electron chi connectivity index (χ1n) is 9.96. The summed E-state index contributed by atoms with van der Waals surface area (Å²) in [7, 11) is 1.48. The monoisotopic (exact) mass is 448 g/mol. The fraction of sp³-hybridized carbons (Fsp3) is 0.160. The molecule has 4 rings (SSSR count). The molecule has 0 bridgehead atoms. The van der Waals surface area contributed by atoms with Crippen LogP contribution in [0.4, 0.5) is 5.69 Å². The van der Waals surface area contributed by atoms with Crippen LogP contribution < -0.4 is 9.64 Å². The number of carbonyl (C=O) groups is 2. The number of aliphatic hydroxyl groups excluding tert-OH is 1. The van der Waals surface area contributed by atoms with Crippen molar-refractivity contribution in [1.29, 1.82) is 0 Å². The maximum atomic E-state index is 13.3. The number of pyridine rings is 1. The fourth-order valence-electron chi connectivity index (χ4n) is 3.89. The molecule has 1 N–H and O–H groups in total. The van der Waals surface area contributed by atoms with Gasteiger partial charge in [0.05, 0.1) is 23.9 Å². The summed E-state index contributed by atoms with van der Waals surface area (Å²) in [5, 5.41) is 11.7. The lowest BCUT2D eigenvalue weighted by atomic mass is 9.96. The van der Waals surface area contributed by atoms with Gasteiger partial charge in [-0.05, 0) is 55.8 Å². The third-order valence-electron chi connectivity index (χ3n) is 5.45. The first-order chi connectivity index (χ1) is 15.3. The minimum atomic E-state index is -0.932. The second-order valence-corrected chi connectivity index (χ2v) is 7.99. The molecule has 6 nitrogen and oxygen atoms in total. The Balaban J connectivity index is 2.01. The summed E-state index contributed by atoms with van der Waals surface area (Å²) in [6, 6.07) is 14.7. The Bertz CT molecular complexity index is 1250. The van der Waals surface area contributed by atoms with Gasteiger partial charge in [-0.25, -0.2) is 0 Å². The number of aromatic nitrogens is 1. The van der Waals surface area contributed by atoms with Gasteiger partial charge in [-0.2, -0.15) is 0 Å². The number of amides is 1. The van der Waals surface area contributed by atoms with Gasteiger partial charge in [0.2, 0.25) is 0 Å². The summed E-state index contributed by atoms with van der Waals surface area (Å²) >= 11 is 6.21. The Hall–Kier alpha value is -3.64. The predicted octanol–water partition coefficient (Wildman–Crippen LogP) is 4.99. The number of nitrogens with zero attached hydrogens (tertiary/aromatic N) is 2. The highest BCUT2D eigenvalue weighted by Gasteiger charge is 2.48. The van der Waals surface area contributed by atoms with Gasteiger partial charge >= 0.3 is 0 Å². The van der Waals surface area contributed by atoms with Crippen LogP contribution in [0.25, 0.3) is 5.76 Å². The maximum Gasteiger partial charge on any atom is 0.300 e. The van der Waals surface area contributed by atoms with E-state index in [0.29, 0.717) is 27.7 Å². The Labute approximate surface area is 190 Å². The number of hydrogen-bond acceptors (Lipinski definition) is 5. The van der Waals surface area contributed by atoms with E-state index in [1.807, 2.05) is 19.9 Å². The highest BCUT2D eigenvalue weighted by Crippen LogP contribution is 2.44. The molecule has 7 heteroatoms. The molecule has 3 aromatic rings. The molecule has 1 aliphatic heterocycles. The van der Waals surface area contributed by atoms with Crippen LogP contribution in [0.15, 0.2) is 66.4 Å². The zero-order valence-corrected chi connectivity index (χ0v) is 18.6. The molecule has 1 atom stereocenters. The van der Waals surface area contributed by atoms with Gasteiger partial charge < -0.3 is 9.84 Å². The standard InChI is InChI=1S/C25H21ClN2O4/c1-14-7-10-20(32-3)17(12-14)23(29)21-22(18-6-4-5-11-27-18)28(25(31)24(21)30)19-13-16(26)9-8-15(19)2/h4-13,22,29H,1-3H3/b23-21+. The van der Waals surface area contributed by atoms with Crippen LogP contribution in [-0.2, 0) is 9.59 Å². The van der Waals surface area contributed by atoms with Crippen LogP contribution in [0.1, 0.15) is 28.4 Å². The van der Waals surface area contributed by atoms with Crippen LogP contribution in [0, 0.1) is 13.8 Å². The Morgan fingerprint density at radius 1 is 1.09 bits per heavy atom. The highest BCUT2D eigenvalue weighted by molar-refractivity contribution is 6.52. The van der Waals surface area contributed by atoms with Crippen molar-refractivity contribution < 1.29 is 19.4 Å². The molecule has 1 unspecified atom stereocenters. The quantitative estimate of drug-likeness (QED) is 0.345. The maximum absolute atomic E-state index is 13.3. The lowest BCUT2D eigenvalue weighted by Crippen LogP contribution is -2.30. The van der Waals surface area contributed by atoms with E-state index in [1.54, 1.807) is 54.7 Å². The smallest absolute Gasteiger partial charge is 0.300 e. The first-order valence-corrected chi connectivity index (χ1v) is 10.3. The molecule has 2 heterocycles. The van der Waals surface area contributed by atoms with Crippen LogP contribution in [0.3, 0.4) is 0 Å². The van der Waals surface area contributed by atoms with Crippen molar-refractivity contribution in [3.05, 3.63) is 93.8 Å². The van der Waals surface area contributed by atoms with Gasteiger partial charge in [-0.15, -0.1) is 0 Å². The van der Waals surface area contributed by atoms with Crippen molar-refractivity contribution in [3.63, 3.8) is 0 Å². The van der Waals surface area contributed by atoms with Crippen molar-refractivity contribution in [2.75, 3.05) is 12.0 Å². The molecule has 2 aromatic carbocycles. The number of carbonyl (C=O) groups excluding carboxylic acids is 2. The van der Waals surface area contributed by atoms with Crippen LogP contribution in [0.2, 0.25) is 5.02 Å². The van der Waals surface area contributed by atoms with E-state index >= 15 is 0 Å². The second kappa shape index (κ2) is 8.48.